The number of benzene rings is 4. The van der Waals surface area contributed by atoms with Gasteiger partial charge in [0.05, 0.1) is 30.3 Å². The summed E-state index contributed by atoms with van der Waals surface area (Å²) < 4.78 is 60.0. The van der Waals surface area contributed by atoms with Crippen LogP contribution in [0.5, 0.6) is 11.5 Å². The maximum atomic E-state index is 14.9. The number of carboxylic acids is 2. The molecule has 0 fully saturated rings. The molecule has 6 rings (SSSR count). The number of aliphatic carboxylic acids is 2. The maximum absolute atomic E-state index is 14.9. The zero-order chi connectivity index (χ0) is 46.8. The van der Waals surface area contributed by atoms with Crippen LogP contribution in [-0.2, 0) is 32.0 Å². The van der Waals surface area contributed by atoms with E-state index in [0.717, 1.165) is 21.3 Å². The molecule has 330 valence electrons. The van der Waals surface area contributed by atoms with Crippen LogP contribution in [-0.4, -0.2) is 77.2 Å². The molecule has 14 nitrogen and oxygen atoms in total. The van der Waals surface area contributed by atoms with Crippen LogP contribution in [0.2, 0.25) is 10.0 Å². The highest BCUT2D eigenvalue weighted by Gasteiger charge is 2.29. The van der Waals surface area contributed by atoms with Crippen molar-refractivity contribution in [1.29, 1.82) is 0 Å². The molecule has 2 unspecified atom stereocenters. The Labute approximate surface area is 364 Å². The summed E-state index contributed by atoms with van der Waals surface area (Å²) in [5, 5.41) is 42.2. The zero-order valence-corrected chi connectivity index (χ0v) is 35.0. The Bertz CT molecular complexity index is 2840. The monoisotopic (exact) mass is 914 g/mol. The summed E-state index contributed by atoms with van der Waals surface area (Å²) in [5.41, 5.74) is 0.413. The number of carboxylic acid groups (broad SMARTS) is 2. The molecule has 0 bridgehead atoms. The van der Waals surface area contributed by atoms with E-state index in [4.69, 9.17) is 33.4 Å². The lowest BCUT2D eigenvalue weighted by molar-refractivity contribution is -0.141. The fourth-order valence-corrected chi connectivity index (χ4v) is 7.08. The van der Waals surface area contributed by atoms with Gasteiger partial charge in [0.1, 0.15) is 6.04 Å². The molecule has 0 radical (unpaired) electrons. The molecule has 0 aliphatic heterocycles. The largest absolute Gasteiger partial charge is 0.503 e. The standard InChI is InChI=1S/C22H19ClF2N2O5.C21H17ClF2N2O5/c1-10(7-18(29)30)26-17(28)8-14-11(2)27(22(32)12-3-5-13(23)6-4-12)16-9-15(24)21(31)20(25)19(14)16;1-9(21(30)31)25-16(27)7-13-10(2)26(20(29)11-3-5-12(22)6-4-11)15-8-14(23)19(28)18(24)17(13)15/h3-6,9-10,31H,7-8H2,1-2H3,(H,26,28)(H,29,30);3-6,8-9,28H,7H2,1-2H3,(H,25,27)(H,30,31). The minimum atomic E-state index is -1.32. The number of hydrogen-bond acceptors (Lipinski definition) is 8. The van der Waals surface area contributed by atoms with Gasteiger partial charge in [-0.2, -0.15) is 0 Å². The number of nitrogens with zero attached hydrogens (tertiary/aromatic N) is 2. The van der Waals surface area contributed by atoms with Gasteiger partial charge in [-0.15, -0.1) is 0 Å². The van der Waals surface area contributed by atoms with Crippen molar-refractivity contribution in [2.24, 2.45) is 0 Å². The number of aromatic hydroxyl groups is 2. The molecular weight excluding hydrogens is 879 g/mol. The number of halogens is 6. The van der Waals surface area contributed by atoms with Crippen molar-refractivity contribution in [2.45, 2.75) is 59.0 Å². The second-order valence-electron chi connectivity index (χ2n) is 14.3. The van der Waals surface area contributed by atoms with E-state index in [1.807, 2.05) is 0 Å². The molecule has 4 aromatic carbocycles. The van der Waals surface area contributed by atoms with E-state index in [2.05, 4.69) is 10.6 Å². The predicted molar refractivity (Wildman–Crippen MR) is 221 cm³/mol. The van der Waals surface area contributed by atoms with Crippen LogP contribution in [0, 0.1) is 37.1 Å². The van der Waals surface area contributed by atoms with Gasteiger partial charge in [-0.3, -0.25) is 37.9 Å². The number of phenols is 2. The van der Waals surface area contributed by atoms with Gasteiger partial charge in [-0.1, -0.05) is 23.2 Å². The van der Waals surface area contributed by atoms with Crippen LogP contribution >= 0.6 is 23.2 Å². The van der Waals surface area contributed by atoms with Crippen molar-refractivity contribution in [1.82, 2.24) is 19.8 Å². The fraction of sp³-hybridized carbons (Fsp3) is 0.209. The Morgan fingerprint density at radius 3 is 1.35 bits per heavy atom. The van der Waals surface area contributed by atoms with Crippen molar-refractivity contribution in [2.75, 3.05) is 0 Å². The summed E-state index contributed by atoms with van der Waals surface area (Å²) in [6, 6.07) is 11.4. The van der Waals surface area contributed by atoms with Crippen LogP contribution in [0.4, 0.5) is 17.6 Å². The van der Waals surface area contributed by atoms with Crippen LogP contribution in [0.15, 0.2) is 60.7 Å². The second kappa shape index (κ2) is 19.0. The SMILES string of the molecule is Cc1c(CC(=O)NC(C)C(=O)O)c2c(F)c(O)c(F)cc2n1C(=O)c1ccc(Cl)cc1.Cc1c(CC(=O)NC(C)CC(=O)O)c2c(F)c(O)c(F)cc2n1C(=O)c1ccc(Cl)cc1. The van der Waals surface area contributed by atoms with E-state index in [-0.39, 0.29) is 61.9 Å². The van der Waals surface area contributed by atoms with Gasteiger partial charge in [0.15, 0.2) is 34.8 Å². The first-order chi connectivity index (χ1) is 29.5. The van der Waals surface area contributed by atoms with Gasteiger partial charge < -0.3 is 31.1 Å². The molecule has 2 heterocycles. The first-order valence-corrected chi connectivity index (χ1v) is 19.3. The molecule has 0 aliphatic carbocycles. The van der Waals surface area contributed by atoms with Gasteiger partial charge in [-0.05, 0) is 87.4 Å². The quantitative estimate of drug-likeness (QED) is 0.0718. The van der Waals surface area contributed by atoms with Gasteiger partial charge in [-0.25, -0.2) is 17.6 Å². The molecule has 6 aromatic rings. The lowest BCUT2D eigenvalue weighted by Gasteiger charge is -2.12. The van der Waals surface area contributed by atoms with Crippen molar-refractivity contribution in [3.05, 3.63) is 128 Å². The number of rotatable bonds is 11. The summed E-state index contributed by atoms with van der Waals surface area (Å²) in [6.45, 7) is 5.65. The highest BCUT2D eigenvalue weighted by atomic mass is 35.5. The molecule has 2 amide bonds. The lowest BCUT2D eigenvalue weighted by atomic mass is 10.1. The number of carbonyl (C=O) groups is 6. The number of carbonyl (C=O) groups excluding carboxylic acids is 4. The summed E-state index contributed by atoms with van der Waals surface area (Å²) in [4.78, 5) is 72.8. The minimum absolute atomic E-state index is 0.0141. The second-order valence-corrected chi connectivity index (χ2v) is 15.2. The number of nitrogens with one attached hydrogen (secondary N) is 2. The molecule has 2 aromatic heterocycles. The number of amides is 2. The highest BCUT2D eigenvalue weighted by molar-refractivity contribution is 6.31. The maximum Gasteiger partial charge on any atom is 0.325 e. The average Bonchev–Trinajstić information content (AvgIpc) is 3.63. The van der Waals surface area contributed by atoms with Crippen molar-refractivity contribution in [3.8, 4) is 11.5 Å². The van der Waals surface area contributed by atoms with E-state index < -0.39 is 95.3 Å². The Hall–Kier alpha value is -6.92. The van der Waals surface area contributed by atoms with E-state index in [9.17, 15) is 56.5 Å². The Morgan fingerprint density at radius 2 is 1.00 bits per heavy atom. The van der Waals surface area contributed by atoms with Gasteiger partial charge in [0.25, 0.3) is 11.8 Å². The summed E-state index contributed by atoms with van der Waals surface area (Å²) in [7, 11) is 0. The van der Waals surface area contributed by atoms with Gasteiger partial charge in [0, 0.05) is 61.5 Å². The van der Waals surface area contributed by atoms with E-state index in [1.165, 1.54) is 76.2 Å². The summed E-state index contributed by atoms with van der Waals surface area (Å²) in [6.07, 6.45) is -1.24. The molecule has 0 saturated carbocycles. The number of hydrogen-bond donors (Lipinski definition) is 6. The first kappa shape index (κ1) is 47.1. The van der Waals surface area contributed by atoms with E-state index in [0.29, 0.717) is 10.0 Å². The van der Waals surface area contributed by atoms with Crippen molar-refractivity contribution < 1.29 is 66.8 Å². The van der Waals surface area contributed by atoms with Crippen LogP contribution in [0.1, 0.15) is 63.5 Å². The smallest absolute Gasteiger partial charge is 0.325 e. The minimum Gasteiger partial charge on any atom is -0.503 e. The van der Waals surface area contributed by atoms with Crippen LogP contribution < -0.4 is 10.6 Å². The number of phenolic OH excluding ortho intramolecular Hbond substituents is 2. The third-order valence-corrected chi connectivity index (χ3v) is 10.4. The summed E-state index contributed by atoms with van der Waals surface area (Å²) >= 11 is 11.7. The van der Waals surface area contributed by atoms with Gasteiger partial charge >= 0.3 is 11.9 Å². The van der Waals surface area contributed by atoms with Gasteiger partial charge in [0.2, 0.25) is 11.8 Å². The van der Waals surface area contributed by atoms with E-state index >= 15 is 0 Å². The molecule has 0 spiro atoms. The zero-order valence-electron chi connectivity index (χ0n) is 33.5. The molecular formula is C43H36Cl2F4N4O10. The number of fused-ring (bicyclic) bond motifs is 2. The third-order valence-electron chi connectivity index (χ3n) is 9.88. The van der Waals surface area contributed by atoms with Crippen LogP contribution in [0.25, 0.3) is 21.8 Å². The Balaban J connectivity index is 0.000000238. The molecule has 0 saturated heterocycles. The summed E-state index contributed by atoms with van der Waals surface area (Å²) in [5.74, 6) is -12.6. The lowest BCUT2D eigenvalue weighted by Crippen LogP contribution is -2.39. The third kappa shape index (κ3) is 9.92. The fourth-order valence-electron chi connectivity index (χ4n) is 6.83. The van der Waals surface area contributed by atoms with Crippen molar-refractivity contribution in [3.63, 3.8) is 0 Å². The van der Waals surface area contributed by atoms with Crippen LogP contribution in [0.3, 0.4) is 0 Å². The van der Waals surface area contributed by atoms with Crippen molar-refractivity contribution >= 4 is 80.6 Å². The first-order valence-electron chi connectivity index (χ1n) is 18.6. The average molecular weight is 916 g/mol. The Morgan fingerprint density at radius 1 is 0.635 bits per heavy atom. The molecule has 20 heteroatoms. The molecule has 6 N–H and O–H groups in total. The van der Waals surface area contributed by atoms with E-state index in [1.54, 1.807) is 0 Å². The molecule has 2 atom stereocenters. The topological polar surface area (TPSA) is 217 Å². The highest BCUT2D eigenvalue weighted by Crippen LogP contribution is 2.37. The normalized spacial score (nSPS) is 12.0. The Kier molecular flexibility index (Phi) is 14.2. The molecule has 63 heavy (non-hydrogen) atoms. The number of aromatic nitrogens is 2. The molecule has 0 aliphatic rings. The predicted octanol–water partition coefficient (Wildman–Crippen LogP) is 7.20.